The summed E-state index contributed by atoms with van der Waals surface area (Å²) in [6.07, 6.45) is 3.60. The van der Waals surface area contributed by atoms with Crippen LogP contribution in [-0.4, -0.2) is 25.6 Å². The summed E-state index contributed by atoms with van der Waals surface area (Å²) >= 11 is 3.22. The van der Waals surface area contributed by atoms with Gasteiger partial charge < -0.3 is 15.0 Å². The summed E-state index contributed by atoms with van der Waals surface area (Å²) < 4.78 is 19.0. The van der Waals surface area contributed by atoms with Gasteiger partial charge >= 0.3 is 0 Å². The van der Waals surface area contributed by atoms with Crippen LogP contribution < -0.4 is 15.0 Å². The molecule has 0 spiro atoms. The zero-order valence-electron chi connectivity index (χ0n) is 13.8. The number of carbonyl (C=O) groups excluding carboxylic acids is 1. The highest BCUT2D eigenvalue weighted by molar-refractivity contribution is 9.10. The van der Waals surface area contributed by atoms with E-state index in [-0.39, 0.29) is 18.3 Å². The van der Waals surface area contributed by atoms with Crippen LogP contribution >= 0.6 is 15.9 Å². The number of ether oxygens (including phenoxy) is 1. The Balaban J connectivity index is 1.63. The number of para-hydroxylation sites is 2. The van der Waals surface area contributed by atoms with Gasteiger partial charge in [0.1, 0.15) is 11.6 Å². The molecule has 1 N–H and O–H groups in total. The zero-order chi connectivity index (χ0) is 17.6. The lowest BCUT2D eigenvalue weighted by Gasteiger charge is -2.30. The van der Waals surface area contributed by atoms with Gasteiger partial charge in [0.05, 0.1) is 15.8 Å². The van der Waals surface area contributed by atoms with E-state index in [0.29, 0.717) is 10.2 Å². The monoisotopic (exact) mass is 406 g/mol. The molecule has 2 aromatic carbocycles. The molecule has 1 heterocycles. The van der Waals surface area contributed by atoms with Crippen molar-refractivity contribution in [3.05, 3.63) is 52.8 Å². The van der Waals surface area contributed by atoms with Crippen LogP contribution in [-0.2, 0) is 4.79 Å². The van der Waals surface area contributed by atoms with Crippen LogP contribution in [0.15, 0.2) is 46.9 Å². The van der Waals surface area contributed by atoms with Crippen molar-refractivity contribution in [1.29, 1.82) is 0 Å². The van der Waals surface area contributed by atoms with E-state index in [1.165, 1.54) is 37.5 Å². The smallest absolute Gasteiger partial charge is 0.262 e. The molecule has 0 atom stereocenters. The SMILES string of the molecule is O=C(COc1ccc(F)cc1Br)Nc1ccccc1N1CCCCC1. The number of halogens is 2. The number of hydrogen-bond donors (Lipinski definition) is 1. The molecule has 0 aliphatic carbocycles. The van der Waals surface area contributed by atoms with Crippen molar-refractivity contribution in [2.24, 2.45) is 0 Å². The third-order valence-corrected chi connectivity index (χ3v) is 4.75. The first-order valence-corrected chi connectivity index (χ1v) is 9.14. The first kappa shape index (κ1) is 17.7. The molecule has 0 saturated carbocycles. The fraction of sp³-hybridized carbons (Fsp3) is 0.316. The van der Waals surface area contributed by atoms with E-state index in [9.17, 15) is 9.18 Å². The molecule has 132 valence electrons. The zero-order valence-corrected chi connectivity index (χ0v) is 15.4. The maximum absolute atomic E-state index is 13.1. The predicted molar refractivity (Wildman–Crippen MR) is 101 cm³/mol. The molecule has 4 nitrogen and oxygen atoms in total. The second-order valence-corrected chi connectivity index (χ2v) is 6.83. The number of nitrogens with one attached hydrogen (secondary N) is 1. The van der Waals surface area contributed by atoms with E-state index in [2.05, 4.69) is 26.1 Å². The van der Waals surface area contributed by atoms with E-state index < -0.39 is 0 Å². The van der Waals surface area contributed by atoms with Crippen molar-refractivity contribution >= 4 is 33.2 Å². The van der Waals surface area contributed by atoms with E-state index in [4.69, 9.17) is 4.74 Å². The number of benzene rings is 2. The molecule has 2 aromatic rings. The molecule has 25 heavy (non-hydrogen) atoms. The lowest BCUT2D eigenvalue weighted by Crippen LogP contribution is -2.30. The Morgan fingerprint density at radius 3 is 2.68 bits per heavy atom. The normalized spacial score (nSPS) is 14.2. The Hall–Kier alpha value is -2.08. The second kappa shape index (κ2) is 8.34. The molecule has 1 amide bonds. The highest BCUT2D eigenvalue weighted by atomic mass is 79.9. The van der Waals surface area contributed by atoms with E-state index >= 15 is 0 Å². The molecule has 0 bridgehead atoms. The number of hydrogen-bond acceptors (Lipinski definition) is 3. The van der Waals surface area contributed by atoms with E-state index in [0.717, 1.165) is 24.5 Å². The maximum Gasteiger partial charge on any atom is 0.262 e. The molecule has 3 rings (SSSR count). The van der Waals surface area contributed by atoms with Crippen molar-refractivity contribution < 1.29 is 13.9 Å². The number of amides is 1. The molecule has 0 unspecified atom stereocenters. The second-order valence-electron chi connectivity index (χ2n) is 5.98. The number of carbonyl (C=O) groups is 1. The minimum Gasteiger partial charge on any atom is -0.483 e. The third kappa shape index (κ3) is 4.72. The van der Waals surface area contributed by atoms with Gasteiger partial charge in [-0.3, -0.25) is 4.79 Å². The average Bonchev–Trinajstić information content (AvgIpc) is 2.62. The van der Waals surface area contributed by atoms with Crippen molar-refractivity contribution in [1.82, 2.24) is 0 Å². The van der Waals surface area contributed by atoms with Gasteiger partial charge in [0.15, 0.2) is 6.61 Å². The van der Waals surface area contributed by atoms with Crippen LogP contribution in [0, 0.1) is 5.82 Å². The van der Waals surface area contributed by atoms with Crippen LogP contribution in [0.5, 0.6) is 5.75 Å². The fourth-order valence-electron chi connectivity index (χ4n) is 2.91. The Morgan fingerprint density at radius 2 is 1.92 bits per heavy atom. The third-order valence-electron chi connectivity index (χ3n) is 4.13. The Morgan fingerprint density at radius 1 is 1.16 bits per heavy atom. The maximum atomic E-state index is 13.1. The first-order chi connectivity index (χ1) is 12.1. The first-order valence-electron chi connectivity index (χ1n) is 8.35. The standard InChI is InChI=1S/C19H20BrFN2O2/c20-15-12-14(21)8-9-18(15)25-13-19(24)22-16-6-2-3-7-17(16)23-10-4-1-5-11-23/h2-3,6-9,12H,1,4-5,10-11,13H2,(H,22,24). The molecule has 1 saturated heterocycles. The molecule has 6 heteroatoms. The summed E-state index contributed by atoms with van der Waals surface area (Å²) in [4.78, 5) is 14.6. The van der Waals surface area contributed by atoms with Crippen LogP contribution in [0.25, 0.3) is 0 Å². The summed E-state index contributed by atoms with van der Waals surface area (Å²) in [7, 11) is 0. The summed E-state index contributed by atoms with van der Waals surface area (Å²) in [6, 6.07) is 11.9. The predicted octanol–water partition coefficient (Wildman–Crippen LogP) is 4.60. The molecular weight excluding hydrogens is 387 g/mol. The van der Waals surface area contributed by atoms with Crippen LogP contribution in [0.2, 0.25) is 0 Å². The van der Waals surface area contributed by atoms with Crippen LogP contribution in [0.3, 0.4) is 0 Å². The van der Waals surface area contributed by atoms with Gasteiger partial charge in [0.25, 0.3) is 5.91 Å². The van der Waals surface area contributed by atoms with Gasteiger partial charge in [-0.1, -0.05) is 12.1 Å². The van der Waals surface area contributed by atoms with Gasteiger partial charge in [-0.25, -0.2) is 4.39 Å². The van der Waals surface area contributed by atoms with Gasteiger partial charge in [0, 0.05) is 13.1 Å². The average molecular weight is 407 g/mol. The highest BCUT2D eigenvalue weighted by Gasteiger charge is 2.15. The van der Waals surface area contributed by atoms with E-state index in [1.807, 2.05) is 24.3 Å². The molecule has 0 radical (unpaired) electrons. The Labute approximate surface area is 155 Å². The van der Waals surface area contributed by atoms with Crippen molar-refractivity contribution in [2.75, 3.05) is 29.9 Å². The lowest BCUT2D eigenvalue weighted by molar-refractivity contribution is -0.118. The number of piperidine rings is 1. The van der Waals surface area contributed by atoms with E-state index in [1.54, 1.807) is 0 Å². The number of nitrogens with zero attached hydrogens (tertiary/aromatic N) is 1. The van der Waals surface area contributed by atoms with Gasteiger partial charge in [0.2, 0.25) is 0 Å². The topological polar surface area (TPSA) is 41.6 Å². The Kier molecular flexibility index (Phi) is 5.91. The molecule has 1 aliphatic heterocycles. The summed E-state index contributed by atoms with van der Waals surface area (Å²) in [5, 5.41) is 2.91. The van der Waals surface area contributed by atoms with Gasteiger partial charge in [-0.05, 0) is 65.5 Å². The molecular formula is C19H20BrFN2O2. The lowest BCUT2D eigenvalue weighted by atomic mass is 10.1. The molecule has 0 aromatic heterocycles. The summed E-state index contributed by atoms with van der Waals surface area (Å²) in [5.41, 5.74) is 1.83. The Bertz CT molecular complexity index is 748. The van der Waals surface area contributed by atoms with Crippen molar-refractivity contribution in [3.63, 3.8) is 0 Å². The summed E-state index contributed by atoms with van der Waals surface area (Å²) in [6.45, 7) is 1.87. The van der Waals surface area contributed by atoms with Crippen molar-refractivity contribution in [2.45, 2.75) is 19.3 Å². The number of anilines is 2. The largest absolute Gasteiger partial charge is 0.483 e. The molecule has 1 fully saturated rings. The fourth-order valence-corrected chi connectivity index (χ4v) is 3.38. The minimum absolute atomic E-state index is 0.140. The number of rotatable bonds is 5. The van der Waals surface area contributed by atoms with Gasteiger partial charge in [-0.2, -0.15) is 0 Å². The van der Waals surface area contributed by atoms with Gasteiger partial charge in [-0.15, -0.1) is 0 Å². The summed E-state index contributed by atoms with van der Waals surface area (Å²) in [5.74, 6) is -0.180. The quantitative estimate of drug-likeness (QED) is 0.788. The highest BCUT2D eigenvalue weighted by Crippen LogP contribution is 2.28. The van der Waals surface area contributed by atoms with Crippen LogP contribution in [0.1, 0.15) is 19.3 Å². The molecule has 1 aliphatic rings. The minimum atomic E-state index is -0.362. The van der Waals surface area contributed by atoms with Crippen LogP contribution in [0.4, 0.5) is 15.8 Å². The van der Waals surface area contributed by atoms with Crippen molar-refractivity contribution in [3.8, 4) is 5.75 Å².